The molecular weight excluding hydrogens is 398 g/mol. The molecule has 0 bridgehead atoms. The van der Waals surface area contributed by atoms with Crippen molar-refractivity contribution in [1.82, 2.24) is 15.2 Å². The first-order valence-electron chi connectivity index (χ1n) is 13.5. The van der Waals surface area contributed by atoms with Gasteiger partial charge in [-0.3, -0.25) is 0 Å². The number of aromatic amines is 1. The van der Waals surface area contributed by atoms with E-state index < -0.39 is 0 Å². The maximum Gasteiger partial charge on any atom is 0.130 e. The van der Waals surface area contributed by atoms with Crippen LogP contribution in [0.4, 0.5) is 0 Å². The predicted octanol–water partition coefficient (Wildman–Crippen LogP) is 5.00. The summed E-state index contributed by atoms with van der Waals surface area (Å²) >= 11 is 0. The number of H-pyrrole nitrogens is 1. The zero-order valence-corrected chi connectivity index (χ0v) is 20.6. The van der Waals surface area contributed by atoms with Crippen LogP contribution in [0.3, 0.4) is 0 Å². The van der Waals surface area contributed by atoms with Gasteiger partial charge in [-0.05, 0) is 104 Å². The van der Waals surface area contributed by atoms with Crippen molar-refractivity contribution in [2.75, 3.05) is 0 Å². The lowest BCUT2D eigenvalue weighted by Gasteiger charge is -2.64. The van der Waals surface area contributed by atoms with Crippen molar-refractivity contribution >= 4 is 0 Å². The highest BCUT2D eigenvalue weighted by molar-refractivity contribution is 5.13. The molecule has 1 aromatic heterocycles. The van der Waals surface area contributed by atoms with E-state index in [0.717, 1.165) is 50.3 Å². The van der Waals surface area contributed by atoms with Crippen LogP contribution < -0.4 is 0 Å². The zero-order valence-electron chi connectivity index (χ0n) is 20.6. The summed E-state index contributed by atoms with van der Waals surface area (Å²) in [5.41, 5.74) is 0.639. The Balaban J connectivity index is 1.38. The number of aromatic nitrogens is 3. The monoisotopic (exact) mass is 443 g/mol. The first-order valence-corrected chi connectivity index (χ1v) is 13.5. The largest absolute Gasteiger partial charge is 0.393 e. The Bertz CT molecular complexity index is 784. The van der Waals surface area contributed by atoms with Gasteiger partial charge >= 0.3 is 0 Å². The molecule has 4 aliphatic carbocycles. The summed E-state index contributed by atoms with van der Waals surface area (Å²) in [7, 11) is 0. The van der Waals surface area contributed by atoms with Crippen molar-refractivity contribution in [2.45, 2.75) is 104 Å². The number of fused-ring (bicyclic) bond motifs is 5. The van der Waals surface area contributed by atoms with Crippen LogP contribution in [-0.2, 0) is 6.42 Å². The van der Waals surface area contributed by atoms with E-state index in [1.165, 1.54) is 25.7 Å². The molecule has 11 atom stereocenters. The van der Waals surface area contributed by atoms with Crippen LogP contribution in [-0.4, -0.2) is 37.6 Å². The third kappa shape index (κ3) is 3.40. The van der Waals surface area contributed by atoms with Gasteiger partial charge in [0.2, 0.25) is 0 Å². The van der Waals surface area contributed by atoms with Gasteiger partial charge in [-0.2, -0.15) is 0 Å². The Labute approximate surface area is 194 Å². The van der Waals surface area contributed by atoms with Crippen LogP contribution >= 0.6 is 0 Å². The molecule has 5 unspecified atom stereocenters. The van der Waals surface area contributed by atoms with E-state index in [0.29, 0.717) is 46.3 Å². The molecule has 0 amide bonds. The van der Waals surface area contributed by atoms with Crippen molar-refractivity contribution in [1.29, 1.82) is 0 Å². The summed E-state index contributed by atoms with van der Waals surface area (Å²) < 4.78 is 0. The van der Waals surface area contributed by atoms with E-state index in [-0.39, 0.29) is 12.2 Å². The van der Waals surface area contributed by atoms with Crippen molar-refractivity contribution < 1.29 is 10.2 Å². The highest BCUT2D eigenvalue weighted by Crippen LogP contribution is 2.69. The lowest BCUT2D eigenvalue weighted by molar-refractivity contribution is -0.203. The summed E-state index contributed by atoms with van der Waals surface area (Å²) in [6.45, 7) is 9.82. The highest BCUT2D eigenvalue weighted by atomic mass is 16.3. The van der Waals surface area contributed by atoms with E-state index in [9.17, 15) is 10.2 Å². The molecule has 4 aliphatic rings. The number of aryl methyl sites for hydroxylation is 1. The summed E-state index contributed by atoms with van der Waals surface area (Å²) in [5.74, 6) is 4.96. The van der Waals surface area contributed by atoms with Gasteiger partial charge in [-0.15, -0.1) is 10.2 Å². The maximum atomic E-state index is 11.8. The quantitative estimate of drug-likeness (QED) is 0.598. The van der Waals surface area contributed by atoms with E-state index in [2.05, 4.69) is 42.9 Å². The van der Waals surface area contributed by atoms with Crippen molar-refractivity contribution in [2.24, 2.45) is 52.3 Å². The second-order valence-corrected chi connectivity index (χ2v) is 12.6. The molecule has 32 heavy (non-hydrogen) atoms. The fourth-order valence-electron chi connectivity index (χ4n) is 9.85. The highest BCUT2D eigenvalue weighted by Gasteiger charge is 2.64. The first-order chi connectivity index (χ1) is 15.3. The lowest BCUT2D eigenvalue weighted by atomic mass is 9.41. The Hall–Kier alpha value is -0.940. The Morgan fingerprint density at radius 2 is 1.81 bits per heavy atom. The molecule has 0 radical (unpaired) electrons. The fraction of sp³-hybridized carbons (Fsp3) is 0.926. The van der Waals surface area contributed by atoms with Gasteiger partial charge in [0.25, 0.3) is 0 Å². The number of nitrogens with one attached hydrogen (secondary N) is 1. The molecule has 4 saturated carbocycles. The van der Waals surface area contributed by atoms with Crippen LogP contribution in [0.1, 0.15) is 91.3 Å². The molecule has 1 heterocycles. The summed E-state index contributed by atoms with van der Waals surface area (Å²) in [5, 5.41) is 30.4. The topological polar surface area (TPSA) is 82.0 Å². The number of rotatable bonds is 5. The average molecular weight is 444 g/mol. The number of hydrogen-bond acceptors (Lipinski definition) is 4. The standard InChI is InChI=1S/C27H45N3O2/c1-5-18-22-14-17(31)10-12-27(22,4)21-11-13-26(3)19(7-8-20(26)24(21)25(18)32)16(2)6-9-23-28-15-29-30-23/h15-22,24-25,31-32H,5-14H2,1-4H3,(H,28,29,30)/t16?,17-,18-,19?,20?,21?,22+,24?,25-,26-,27-/m1/s1. The van der Waals surface area contributed by atoms with Crippen molar-refractivity contribution in [3.63, 3.8) is 0 Å². The second kappa shape index (κ2) is 8.37. The molecule has 1 aromatic rings. The Morgan fingerprint density at radius 3 is 2.53 bits per heavy atom. The van der Waals surface area contributed by atoms with Crippen molar-refractivity contribution in [3.8, 4) is 0 Å². The molecular formula is C27H45N3O2. The van der Waals surface area contributed by atoms with E-state index in [4.69, 9.17) is 0 Å². The van der Waals surface area contributed by atoms with Gasteiger partial charge < -0.3 is 15.2 Å². The minimum absolute atomic E-state index is 0.166. The number of aliphatic hydroxyl groups is 2. The smallest absolute Gasteiger partial charge is 0.130 e. The van der Waals surface area contributed by atoms with E-state index >= 15 is 0 Å². The van der Waals surface area contributed by atoms with Crippen molar-refractivity contribution in [3.05, 3.63) is 12.2 Å². The Kier molecular flexibility index (Phi) is 5.97. The van der Waals surface area contributed by atoms with E-state index in [1.807, 2.05) is 0 Å². The van der Waals surface area contributed by atoms with Gasteiger partial charge in [0.1, 0.15) is 12.2 Å². The summed E-state index contributed by atoms with van der Waals surface area (Å²) in [4.78, 5) is 3.16. The van der Waals surface area contributed by atoms with Gasteiger partial charge in [0, 0.05) is 6.42 Å². The summed E-state index contributed by atoms with van der Waals surface area (Å²) in [6.07, 6.45) is 12.7. The average Bonchev–Trinajstić information content (AvgIpc) is 3.41. The summed E-state index contributed by atoms with van der Waals surface area (Å²) in [6, 6.07) is 0. The van der Waals surface area contributed by atoms with Gasteiger partial charge in [0.15, 0.2) is 0 Å². The molecule has 0 spiro atoms. The fourth-order valence-corrected chi connectivity index (χ4v) is 9.85. The SMILES string of the molecule is CC[C@H]1[C@@H](O)C2C3CCC(C(C)CCc4nnc[nH]4)[C@@]3(C)CCC2[C@@]2(C)CC[C@@H](O)C[C@@H]12. The predicted molar refractivity (Wildman–Crippen MR) is 126 cm³/mol. The zero-order chi connectivity index (χ0) is 22.7. The molecule has 0 aliphatic heterocycles. The van der Waals surface area contributed by atoms with Crippen LogP contribution in [0, 0.1) is 52.3 Å². The lowest BCUT2D eigenvalue weighted by Crippen LogP contribution is -2.62. The third-order valence-corrected chi connectivity index (χ3v) is 11.5. The van der Waals surface area contributed by atoms with Crippen LogP contribution in [0.25, 0.3) is 0 Å². The van der Waals surface area contributed by atoms with Gasteiger partial charge in [-0.1, -0.05) is 34.1 Å². The maximum absolute atomic E-state index is 11.8. The minimum atomic E-state index is -0.193. The molecule has 5 heteroatoms. The first kappa shape index (κ1) is 22.8. The van der Waals surface area contributed by atoms with Gasteiger partial charge in [-0.25, -0.2) is 0 Å². The van der Waals surface area contributed by atoms with Gasteiger partial charge in [0.05, 0.1) is 12.2 Å². The molecule has 5 rings (SSSR count). The Morgan fingerprint density at radius 1 is 1.06 bits per heavy atom. The normalized spacial score (nSPS) is 49.2. The number of nitrogens with zero attached hydrogens (tertiary/aromatic N) is 2. The minimum Gasteiger partial charge on any atom is -0.393 e. The molecule has 0 saturated heterocycles. The van der Waals surface area contributed by atoms with Crippen LogP contribution in [0.2, 0.25) is 0 Å². The molecule has 0 aromatic carbocycles. The third-order valence-electron chi connectivity index (χ3n) is 11.5. The van der Waals surface area contributed by atoms with Crippen LogP contribution in [0.5, 0.6) is 0 Å². The second-order valence-electron chi connectivity index (χ2n) is 12.6. The molecule has 180 valence electrons. The number of hydrogen-bond donors (Lipinski definition) is 3. The number of aliphatic hydroxyl groups excluding tert-OH is 2. The van der Waals surface area contributed by atoms with Crippen LogP contribution in [0.15, 0.2) is 6.33 Å². The molecule has 5 nitrogen and oxygen atoms in total. The van der Waals surface area contributed by atoms with E-state index in [1.54, 1.807) is 6.33 Å². The molecule has 3 N–H and O–H groups in total. The molecule has 4 fully saturated rings.